The molecule has 6 heteroatoms. The van der Waals surface area contributed by atoms with Gasteiger partial charge < -0.3 is 14.8 Å². The number of benzene rings is 1. The van der Waals surface area contributed by atoms with Gasteiger partial charge >= 0.3 is 0 Å². The molecule has 1 fully saturated rings. The van der Waals surface area contributed by atoms with Gasteiger partial charge in [-0.25, -0.2) is 0 Å². The van der Waals surface area contributed by atoms with Crippen molar-refractivity contribution in [1.29, 1.82) is 0 Å². The van der Waals surface area contributed by atoms with Gasteiger partial charge in [0.15, 0.2) is 12.4 Å². The quantitative estimate of drug-likeness (QED) is 0.792. The van der Waals surface area contributed by atoms with Crippen molar-refractivity contribution in [3.8, 4) is 11.5 Å². The number of nitrogens with one attached hydrogen (secondary N) is 1. The molecular formula is C22H25NO4S. The third kappa shape index (κ3) is 4.38. The van der Waals surface area contributed by atoms with Gasteiger partial charge in [-0.3, -0.25) is 9.59 Å². The maximum Gasteiger partial charge on any atom is 0.257 e. The average Bonchev–Trinajstić information content (AvgIpc) is 3.20. The van der Waals surface area contributed by atoms with Crippen LogP contribution in [-0.2, 0) is 11.2 Å². The van der Waals surface area contributed by atoms with E-state index in [9.17, 15) is 9.59 Å². The predicted octanol–water partition coefficient (Wildman–Crippen LogP) is 4.15. The zero-order valence-corrected chi connectivity index (χ0v) is 16.7. The minimum Gasteiger partial charge on any atom is -0.486 e. The van der Waals surface area contributed by atoms with Crippen LogP contribution in [0.4, 0.5) is 0 Å². The molecular weight excluding hydrogens is 374 g/mol. The third-order valence-corrected chi connectivity index (χ3v) is 6.41. The first-order chi connectivity index (χ1) is 13.6. The van der Waals surface area contributed by atoms with Gasteiger partial charge in [0.2, 0.25) is 0 Å². The summed E-state index contributed by atoms with van der Waals surface area (Å²) in [6.07, 6.45) is 6.55. The summed E-state index contributed by atoms with van der Waals surface area (Å²) >= 11 is 1.68. The van der Waals surface area contributed by atoms with Crippen molar-refractivity contribution in [3.63, 3.8) is 0 Å². The van der Waals surface area contributed by atoms with Crippen molar-refractivity contribution in [3.05, 3.63) is 46.2 Å². The monoisotopic (exact) mass is 399 g/mol. The fourth-order valence-corrected chi connectivity index (χ4v) is 4.73. The molecule has 1 aromatic carbocycles. The topological polar surface area (TPSA) is 64.6 Å². The highest BCUT2D eigenvalue weighted by Gasteiger charge is 2.41. The second-order valence-electron chi connectivity index (χ2n) is 7.57. The zero-order valence-electron chi connectivity index (χ0n) is 15.9. The first-order valence-corrected chi connectivity index (χ1v) is 10.8. The Bertz CT molecular complexity index is 840. The van der Waals surface area contributed by atoms with E-state index in [2.05, 4.69) is 11.4 Å². The molecule has 1 aromatic heterocycles. The molecule has 1 saturated carbocycles. The van der Waals surface area contributed by atoms with Gasteiger partial charge in [0.25, 0.3) is 5.91 Å². The van der Waals surface area contributed by atoms with Gasteiger partial charge in [0, 0.05) is 17.5 Å². The van der Waals surface area contributed by atoms with Crippen LogP contribution in [0.1, 0.15) is 53.8 Å². The Morgan fingerprint density at radius 1 is 1.21 bits per heavy atom. The largest absolute Gasteiger partial charge is 0.486 e. The Morgan fingerprint density at radius 2 is 2.07 bits per heavy atom. The standard InChI is InChI=1S/C22H25NO4S/c24-19-14-22(9-2-1-3-10-22)27-20-13-16(6-7-18(19)20)26-15-21(25)23-11-8-17-5-4-12-28-17/h4-7,12-13H,1-3,8-11,14-15H2,(H,23,25). The molecule has 0 atom stereocenters. The molecule has 0 bridgehead atoms. The SMILES string of the molecule is O=C(COc1ccc2c(c1)OC1(CCCCC1)CC2=O)NCCc1cccs1. The van der Waals surface area contributed by atoms with Crippen LogP contribution in [0.15, 0.2) is 35.7 Å². The van der Waals surface area contributed by atoms with Gasteiger partial charge in [-0.1, -0.05) is 12.5 Å². The molecule has 1 amide bonds. The van der Waals surface area contributed by atoms with Gasteiger partial charge in [-0.15, -0.1) is 11.3 Å². The number of Topliss-reactive ketones (excluding diaryl/α,β-unsaturated/α-hetero) is 1. The summed E-state index contributed by atoms with van der Waals surface area (Å²) in [7, 11) is 0. The lowest BCUT2D eigenvalue weighted by molar-refractivity contribution is -0.123. The van der Waals surface area contributed by atoms with Crippen molar-refractivity contribution in [1.82, 2.24) is 5.32 Å². The fourth-order valence-electron chi connectivity index (χ4n) is 4.02. The molecule has 2 aliphatic rings. The summed E-state index contributed by atoms with van der Waals surface area (Å²) in [5, 5.41) is 4.89. The van der Waals surface area contributed by atoms with Crippen LogP contribution in [0.2, 0.25) is 0 Å². The smallest absolute Gasteiger partial charge is 0.257 e. The Morgan fingerprint density at radius 3 is 2.86 bits per heavy atom. The second kappa shape index (κ2) is 8.35. The number of ketones is 1. The minimum atomic E-state index is -0.347. The summed E-state index contributed by atoms with van der Waals surface area (Å²) in [4.78, 5) is 25.8. The highest BCUT2D eigenvalue weighted by molar-refractivity contribution is 7.09. The number of carbonyl (C=O) groups excluding carboxylic acids is 2. The predicted molar refractivity (Wildman–Crippen MR) is 108 cm³/mol. The van der Waals surface area contributed by atoms with Gasteiger partial charge in [0.05, 0.1) is 12.0 Å². The Hall–Kier alpha value is -2.34. The zero-order chi connectivity index (χ0) is 19.4. The third-order valence-electron chi connectivity index (χ3n) is 5.47. The number of fused-ring (bicyclic) bond motifs is 1. The molecule has 1 N–H and O–H groups in total. The molecule has 2 heterocycles. The number of amides is 1. The number of rotatable bonds is 6. The lowest BCUT2D eigenvalue weighted by Crippen LogP contribution is -2.43. The van der Waals surface area contributed by atoms with Crippen molar-refractivity contribution in [2.75, 3.05) is 13.2 Å². The summed E-state index contributed by atoms with van der Waals surface area (Å²) in [6.45, 7) is 0.537. The van der Waals surface area contributed by atoms with Crippen LogP contribution in [0.25, 0.3) is 0 Å². The number of ether oxygens (including phenoxy) is 2. The first kappa shape index (κ1) is 19.0. The maximum absolute atomic E-state index is 12.6. The number of hydrogen-bond donors (Lipinski definition) is 1. The van der Waals surface area contributed by atoms with Crippen molar-refractivity contribution >= 4 is 23.0 Å². The number of thiophene rings is 1. The highest BCUT2D eigenvalue weighted by Crippen LogP contribution is 2.42. The summed E-state index contributed by atoms with van der Waals surface area (Å²) in [6, 6.07) is 9.29. The molecule has 0 saturated heterocycles. The number of hydrogen-bond acceptors (Lipinski definition) is 5. The van der Waals surface area contributed by atoms with Crippen LogP contribution in [0.5, 0.6) is 11.5 Å². The molecule has 1 aliphatic carbocycles. The molecule has 0 radical (unpaired) electrons. The van der Waals surface area contributed by atoms with E-state index in [0.717, 1.165) is 32.1 Å². The van der Waals surface area contributed by atoms with Crippen LogP contribution in [0, 0.1) is 0 Å². The lowest BCUT2D eigenvalue weighted by atomic mass is 9.78. The molecule has 4 rings (SSSR count). The Labute approximate surface area is 169 Å². The molecule has 0 unspecified atom stereocenters. The second-order valence-corrected chi connectivity index (χ2v) is 8.60. The number of carbonyl (C=O) groups is 2. The summed E-state index contributed by atoms with van der Waals surface area (Å²) < 4.78 is 11.9. The first-order valence-electron chi connectivity index (χ1n) is 9.92. The van der Waals surface area contributed by atoms with E-state index in [4.69, 9.17) is 9.47 Å². The van der Waals surface area contributed by atoms with Crippen molar-refractivity contribution in [2.45, 2.75) is 50.5 Å². The van der Waals surface area contributed by atoms with Gasteiger partial charge in [-0.05, 0) is 55.7 Å². The molecule has 5 nitrogen and oxygen atoms in total. The Balaban J connectivity index is 1.33. The molecule has 1 spiro atoms. The normalized spacial score (nSPS) is 17.6. The molecule has 1 aliphatic heterocycles. The minimum absolute atomic E-state index is 0.0533. The fraction of sp³-hybridized carbons (Fsp3) is 0.455. The van der Waals surface area contributed by atoms with Gasteiger partial charge in [0.1, 0.15) is 17.1 Å². The summed E-state index contributed by atoms with van der Waals surface area (Å²) in [5.74, 6) is 1.12. The van der Waals surface area contributed by atoms with Crippen LogP contribution >= 0.6 is 11.3 Å². The molecule has 2 aromatic rings. The van der Waals surface area contributed by atoms with E-state index < -0.39 is 0 Å². The van der Waals surface area contributed by atoms with E-state index >= 15 is 0 Å². The molecule has 28 heavy (non-hydrogen) atoms. The van der Waals surface area contributed by atoms with Crippen molar-refractivity contribution in [2.24, 2.45) is 0 Å². The molecule has 148 valence electrons. The highest BCUT2D eigenvalue weighted by atomic mass is 32.1. The van der Waals surface area contributed by atoms with E-state index in [1.165, 1.54) is 11.3 Å². The van der Waals surface area contributed by atoms with E-state index in [0.29, 0.717) is 30.0 Å². The van der Waals surface area contributed by atoms with E-state index in [-0.39, 0.29) is 23.9 Å². The van der Waals surface area contributed by atoms with E-state index in [1.807, 2.05) is 11.4 Å². The van der Waals surface area contributed by atoms with Crippen LogP contribution in [0.3, 0.4) is 0 Å². The van der Waals surface area contributed by atoms with Crippen LogP contribution in [-0.4, -0.2) is 30.4 Å². The van der Waals surface area contributed by atoms with E-state index in [1.54, 1.807) is 29.5 Å². The average molecular weight is 400 g/mol. The summed E-state index contributed by atoms with van der Waals surface area (Å²) in [5.41, 5.74) is 0.268. The maximum atomic E-state index is 12.6. The van der Waals surface area contributed by atoms with Gasteiger partial charge in [-0.2, -0.15) is 0 Å². The lowest BCUT2D eigenvalue weighted by Gasteiger charge is -2.40. The van der Waals surface area contributed by atoms with Crippen molar-refractivity contribution < 1.29 is 19.1 Å². The van der Waals surface area contributed by atoms with Crippen LogP contribution < -0.4 is 14.8 Å². The Kier molecular flexibility index (Phi) is 5.67.